The van der Waals surface area contributed by atoms with Crippen molar-refractivity contribution in [2.24, 2.45) is 5.92 Å². The maximum absolute atomic E-state index is 12.1. The number of amides is 1. The number of alkyl halides is 2. The van der Waals surface area contributed by atoms with Crippen LogP contribution in [0.5, 0.6) is 5.88 Å². The largest absolute Gasteiger partial charge is 0.481 e. The zero-order valence-electron chi connectivity index (χ0n) is 11.8. The van der Waals surface area contributed by atoms with Crippen molar-refractivity contribution in [3.63, 3.8) is 0 Å². The summed E-state index contributed by atoms with van der Waals surface area (Å²) in [6.45, 7) is 0.541. The average molecular weight is 300 g/mol. The molecule has 1 aliphatic heterocycles. The molecular formula is C13H18F2N4O2. The number of carbonyl (C=O) groups excluding carboxylic acids is 1. The molecule has 0 saturated carbocycles. The molecule has 1 unspecified atom stereocenters. The van der Waals surface area contributed by atoms with E-state index in [9.17, 15) is 13.6 Å². The average Bonchev–Trinajstić information content (AvgIpc) is 2.52. The molecule has 1 fully saturated rings. The third-order valence-electron chi connectivity index (χ3n) is 3.33. The van der Waals surface area contributed by atoms with Crippen LogP contribution in [0, 0.1) is 5.92 Å². The third kappa shape index (κ3) is 4.24. The lowest BCUT2D eigenvalue weighted by Gasteiger charge is -2.32. The number of hydrogen-bond donors (Lipinski definition) is 1. The Labute approximate surface area is 121 Å². The molecule has 0 aromatic carbocycles. The molecule has 1 aliphatic rings. The van der Waals surface area contributed by atoms with Crippen LogP contribution < -0.4 is 15.0 Å². The molecule has 2 rings (SSSR count). The molecule has 6 nitrogen and oxygen atoms in total. The Kier molecular flexibility index (Phi) is 5.24. The maximum atomic E-state index is 12.1. The van der Waals surface area contributed by atoms with Crippen LogP contribution in [-0.2, 0) is 4.79 Å². The normalized spacial score (nSPS) is 18.7. The van der Waals surface area contributed by atoms with Crippen LogP contribution >= 0.6 is 0 Å². The second kappa shape index (κ2) is 7.14. The van der Waals surface area contributed by atoms with Crippen molar-refractivity contribution >= 4 is 11.9 Å². The van der Waals surface area contributed by atoms with E-state index in [4.69, 9.17) is 4.74 Å². The Balaban J connectivity index is 1.98. The summed E-state index contributed by atoms with van der Waals surface area (Å²) < 4.78 is 29.3. The van der Waals surface area contributed by atoms with Gasteiger partial charge in [0.05, 0.1) is 19.6 Å². The fraction of sp³-hybridized carbons (Fsp3) is 0.615. The van der Waals surface area contributed by atoms with E-state index in [-0.39, 0.29) is 11.8 Å². The van der Waals surface area contributed by atoms with Gasteiger partial charge in [-0.3, -0.25) is 4.79 Å². The number of aromatic nitrogens is 2. The molecule has 21 heavy (non-hydrogen) atoms. The van der Waals surface area contributed by atoms with Gasteiger partial charge < -0.3 is 15.0 Å². The molecule has 1 amide bonds. The summed E-state index contributed by atoms with van der Waals surface area (Å²) in [7, 11) is 1.52. The molecule has 1 aromatic heterocycles. The first-order valence-corrected chi connectivity index (χ1v) is 6.78. The van der Waals surface area contributed by atoms with Crippen LogP contribution in [-0.4, -0.2) is 49.0 Å². The maximum Gasteiger partial charge on any atom is 0.255 e. The highest BCUT2D eigenvalue weighted by molar-refractivity contribution is 5.79. The van der Waals surface area contributed by atoms with Gasteiger partial charge in [0.15, 0.2) is 0 Å². The minimum atomic E-state index is -2.53. The smallest absolute Gasteiger partial charge is 0.255 e. The number of methoxy groups -OCH3 is 1. The summed E-state index contributed by atoms with van der Waals surface area (Å²) in [5.41, 5.74) is 0. The molecule has 2 heterocycles. The van der Waals surface area contributed by atoms with Gasteiger partial charge in [-0.2, -0.15) is 4.98 Å². The summed E-state index contributed by atoms with van der Waals surface area (Å²) in [6.07, 6.45) is 0.514. The van der Waals surface area contributed by atoms with E-state index in [0.717, 1.165) is 13.0 Å². The van der Waals surface area contributed by atoms with Crippen LogP contribution in [0.4, 0.5) is 14.7 Å². The Morgan fingerprint density at radius 3 is 3.14 bits per heavy atom. The topological polar surface area (TPSA) is 67.3 Å². The number of halogens is 2. The summed E-state index contributed by atoms with van der Waals surface area (Å²) in [4.78, 5) is 22.1. The molecule has 0 aliphatic carbocycles. The summed E-state index contributed by atoms with van der Waals surface area (Å²) in [6, 6.07) is 1.64. The first-order chi connectivity index (χ1) is 10.1. The van der Waals surface area contributed by atoms with Crippen molar-refractivity contribution in [2.75, 3.05) is 31.6 Å². The predicted molar refractivity (Wildman–Crippen MR) is 72.5 cm³/mol. The van der Waals surface area contributed by atoms with Gasteiger partial charge >= 0.3 is 0 Å². The van der Waals surface area contributed by atoms with E-state index in [1.807, 2.05) is 4.90 Å². The van der Waals surface area contributed by atoms with Crippen LogP contribution in [0.3, 0.4) is 0 Å². The van der Waals surface area contributed by atoms with Crippen LogP contribution in [0.25, 0.3) is 0 Å². The van der Waals surface area contributed by atoms with E-state index in [2.05, 4.69) is 15.3 Å². The van der Waals surface area contributed by atoms with Crippen molar-refractivity contribution in [3.8, 4) is 5.88 Å². The highest BCUT2D eigenvalue weighted by Gasteiger charge is 2.27. The summed E-state index contributed by atoms with van der Waals surface area (Å²) >= 11 is 0. The zero-order chi connectivity index (χ0) is 15.2. The minimum Gasteiger partial charge on any atom is -0.481 e. The van der Waals surface area contributed by atoms with Crippen molar-refractivity contribution in [2.45, 2.75) is 19.3 Å². The van der Waals surface area contributed by atoms with Crippen molar-refractivity contribution in [3.05, 3.63) is 12.3 Å². The van der Waals surface area contributed by atoms with Gasteiger partial charge in [0.2, 0.25) is 17.7 Å². The summed E-state index contributed by atoms with van der Waals surface area (Å²) in [5.74, 6) is 0.264. The van der Waals surface area contributed by atoms with Crippen LogP contribution in [0.15, 0.2) is 12.3 Å². The third-order valence-corrected chi connectivity index (χ3v) is 3.33. The Morgan fingerprint density at radius 1 is 1.62 bits per heavy atom. The number of anilines is 1. The molecule has 8 heteroatoms. The highest BCUT2D eigenvalue weighted by Crippen LogP contribution is 2.21. The number of nitrogens with one attached hydrogen (secondary N) is 1. The Bertz CT molecular complexity index is 487. The standard InChI is InChI=1S/C13H18F2N4O2/c1-21-11-4-5-16-13(18-11)19-6-2-3-9(8-19)12(20)17-7-10(14)15/h4-5,9-10H,2-3,6-8H2,1H3,(H,17,20). The van der Waals surface area contributed by atoms with E-state index in [1.165, 1.54) is 7.11 Å². The molecule has 0 radical (unpaired) electrons. The number of piperidine rings is 1. The van der Waals surface area contributed by atoms with Crippen molar-refractivity contribution < 1.29 is 18.3 Å². The number of hydrogen-bond acceptors (Lipinski definition) is 5. The first-order valence-electron chi connectivity index (χ1n) is 6.78. The monoisotopic (exact) mass is 300 g/mol. The van der Waals surface area contributed by atoms with Crippen molar-refractivity contribution in [1.29, 1.82) is 0 Å². The fourth-order valence-electron chi connectivity index (χ4n) is 2.29. The van der Waals surface area contributed by atoms with Crippen molar-refractivity contribution in [1.82, 2.24) is 15.3 Å². The van der Waals surface area contributed by atoms with Gasteiger partial charge in [0.25, 0.3) is 6.43 Å². The molecule has 1 aromatic rings. The molecule has 116 valence electrons. The number of ether oxygens (including phenoxy) is 1. The number of carbonyl (C=O) groups is 1. The van der Waals surface area contributed by atoms with Gasteiger partial charge in [-0.15, -0.1) is 0 Å². The highest BCUT2D eigenvalue weighted by atomic mass is 19.3. The lowest BCUT2D eigenvalue weighted by atomic mass is 9.97. The predicted octanol–water partition coefficient (Wildman–Crippen LogP) is 1.08. The molecule has 1 saturated heterocycles. The van der Waals surface area contributed by atoms with Crippen LogP contribution in [0.1, 0.15) is 12.8 Å². The SMILES string of the molecule is COc1ccnc(N2CCCC(C(=O)NCC(F)F)C2)n1. The number of rotatable bonds is 5. The van der Waals surface area contributed by atoms with Gasteiger partial charge in [0, 0.05) is 25.4 Å². The minimum absolute atomic E-state index is 0.327. The molecular weight excluding hydrogens is 282 g/mol. The van der Waals surface area contributed by atoms with Crippen LogP contribution in [0.2, 0.25) is 0 Å². The van der Waals surface area contributed by atoms with E-state index in [1.54, 1.807) is 12.3 Å². The first kappa shape index (κ1) is 15.4. The molecule has 1 atom stereocenters. The number of nitrogens with zero attached hydrogens (tertiary/aromatic N) is 3. The Hall–Kier alpha value is -1.99. The Morgan fingerprint density at radius 2 is 2.43 bits per heavy atom. The van der Waals surface area contributed by atoms with Gasteiger partial charge in [-0.1, -0.05) is 0 Å². The van der Waals surface area contributed by atoms with Gasteiger partial charge in [-0.05, 0) is 12.8 Å². The second-order valence-corrected chi connectivity index (χ2v) is 4.82. The van der Waals surface area contributed by atoms with Gasteiger partial charge in [-0.25, -0.2) is 13.8 Å². The zero-order valence-corrected chi connectivity index (χ0v) is 11.8. The van der Waals surface area contributed by atoms with E-state index in [0.29, 0.717) is 24.8 Å². The lowest BCUT2D eigenvalue weighted by Crippen LogP contribution is -2.44. The molecule has 0 spiro atoms. The quantitative estimate of drug-likeness (QED) is 0.881. The van der Waals surface area contributed by atoms with E-state index < -0.39 is 13.0 Å². The van der Waals surface area contributed by atoms with Gasteiger partial charge in [0.1, 0.15) is 0 Å². The lowest BCUT2D eigenvalue weighted by molar-refractivity contribution is -0.125. The molecule has 0 bridgehead atoms. The summed E-state index contributed by atoms with van der Waals surface area (Å²) in [5, 5.41) is 2.27. The fourth-order valence-corrected chi connectivity index (χ4v) is 2.29. The molecule has 1 N–H and O–H groups in total. The van der Waals surface area contributed by atoms with E-state index >= 15 is 0 Å². The second-order valence-electron chi connectivity index (χ2n) is 4.82.